The third-order valence-electron chi connectivity index (χ3n) is 2.89. The number of carbonyl (C=O) groups is 1. The molecular weight excluding hydrogens is 242 g/mol. The summed E-state index contributed by atoms with van der Waals surface area (Å²) in [7, 11) is 1.40. The predicted octanol–water partition coefficient (Wildman–Crippen LogP) is 1.66. The second-order valence-corrected chi connectivity index (χ2v) is 4.31. The quantitative estimate of drug-likeness (QED) is 0.594. The Morgan fingerprint density at radius 3 is 3.06 bits per heavy atom. The number of esters is 1. The minimum absolute atomic E-state index is 0.223. The zero-order valence-electron chi connectivity index (χ0n) is 9.60. The van der Waals surface area contributed by atoms with Gasteiger partial charge in [-0.3, -0.25) is 0 Å². The molecule has 1 aromatic heterocycles. The van der Waals surface area contributed by atoms with Gasteiger partial charge in [0.15, 0.2) is 0 Å². The molecule has 0 amide bonds. The number of piperidine rings is 1. The molecule has 2 heterocycles. The Morgan fingerprint density at radius 1 is 1.53 bits per heavy atom. The fourth-order valence-corrected chi connectivity index (χ4v) is 2.21. The number of anilines is 1. The molecule has 1 aliphatic heterocycles. The highest BCUT2D eigenvalue weighted by atomic mass is 35.5. The molecule has 1 fully saturated rings. The van der Waals surface area contributed by atoms with Gasteiger partial charge in [0.05, 0.1) is 7.11 Å². The van der Waals surface area contributed by atoms with Crippen LogP contribution >= 0.6 is 11.6 Å². The first kappa shape index (κ1) is 12.1. The van der Waals surface area contributed by atoms with Gasteiger partial charge < -0.3 is 9.64 Å². The van der Waals surface area contributed by atoms with Crippen LogP contribution in [0.5, 0.6) is 0 Å². The van der Waals surface area contributed by atoms with Crippen LogP contribution in [0.1, 0.15) is 19.3 Å². The molecule has 1 saturated heterocycles. The summed E-state index contributed by atoms with van der Waals surface area (Å²) in [6.07, 6.45) is 4.25. The van der Waals surface area contributed by atoms with Crippen LogP contribution < -0.4 is 4.90 Å². The normalized spacial score (nSPS) is 20.1. The molecule has 0 saturated carbocycles. The number of ether oxygens (including phenoxy) is 1. The number of methoxy groups -OCH3 is 1. The van der Waals surface area contributed by atoms with Crippen molar-refractivity contribution >= 4 is 23.4 Å². The molecule has 1 unspecified atom stereocenters. The third kappa shape index (κ3) is 2.66. The number of halogens is 1. The van der Waals surface area contributed by atoms with Gasteiger partial charge in [-0.25, -0.2) is 14.8 Å². The maximum absolute atomic E-state index is 11.7. The fourth-order valence-electron chi connectivity index (χ4n) is 2.07. The average Bonchev–Trinajstić information content (AvgIpc) is 2.38. The molecule has 0 N–H and O–H groups in total. The molecular formula is C11H14ClN3O2. The van der Waals surface area contributed by atoms with E-state index >= 15 is 0 Å². The maximum Gasteiger partial charge on any atom is 0.328 e. The van der Waals surface area contributed by atoms with Crippen LogP contribution in [0.4, 0.5) is 5.82 Å². The van der Waals surface area contributed by atoms with E-state index < -0.39 is 0 Å². The molecule has 0 aliphatic carbocycles. The van der Waals surface area contributed by atoms with E-state index in [-0.39, 0.29) is 12.0 Å². The Labute approximate surface area is 105 Å². The van der Waals surface area contributed by atoms with Gasteiger partial charge in [0.25, 0.3) is 0 Å². The van der Waals surface area contributed by atoms with Crippen LogP contribution in [0, 0.1) is 0 Å². The van der Waals surface area contributed by atoms with Crippen LogP contribution in [0.2, 0.25) is 5.15 Å². The van der Waals surface area contributed by atoms with Crippen LogP contribution in [0.25, 0.3) is 0 Å². The lowest BCUT2D eigenvalue weighted by atomic mass is 10.0. The Hall–Kier alpha value is -1.36. The molecule has 17 heavy (non-hydrogen) atoms. The molecule has 6 heteroatoms. The number of hydrogen-bond acceptors (Lipinski definition) is 5. The van der Waals surface area contributed by atoms with Crippen molar-refractivity contribution in [3.8, 4) is 0 Å². The van der Waals surface area contributed by atoms with E-state index in [2.05, 4.69) is 9.97 Å². The minimum Gasteiger partial charge on any atom is -0.467 e. The lowest BCUT2D eigenvalue weighted by molar-refractivity contribution is -0.142. The summed E-state index contributed by atoms with van der Waals surface area (Å²) in [5.41, 5.74) is 0. The summed E-state index contributed by atoms with van der Waals surface area (Å²) < 4.78 is 4.81. The highest BCUT2D eigenvalue weighted by Crippen LogP contribution is 2.24. The van der Waals surface area contributed by atoms with Gasteiger partial charge in [0, 0.05) is 12.6 Å². The summed E-state index contributed by atoms with van der Waals surface area (Å²) in [6, 6.07) is 1.41. The second kappa shape index (κ2) is 5.31. The largest absolute Gasteiger partial charge is 0.467 e. The van der Waals surface area contributed by atoms with Crippen LogP contribution in [-0.4, -0.2) is 35.6 Å². The average molecular weight is 256 g/mol. The first-order valence-corrected chi connectivity index (χ1v) is 5.92. The highest BCUT2D eigenvalue weighted by Gasteiger charge is 2.30. The third-order valence-corrected chi connectivity index (χ3v) is 3.10. The molecule has 5 nitrogen and oxygen atoms in total. The van der Waals surface area contributed by atoms with Crippen molar-refractivity contribution in [2.45, 2.75) is 25.3 Å². The van der Waals surface area contributed by atoms with E-state index in [1.165, 1.54) is 13.4 Å². The SMILES string of the molecule is COC(=O)C1CCCCN1c1cc(Cl)ncn1. The Bertz CT molecular complexity index is 413. The Balaban J connectivity index is 2.24. The predicted molar refractivity (Wildman–Crippen MR) is 64.0 cm³/mol. The summed E-state index contributed by atoms with van der Waals surface area (Å²) in [5.74, 6) is 0.458. The van der Waals surface area contributed by atoms with Gasteiger partial charge in [-0.05, 0) is 19.3 Å². The number of rotatable bonds is 2. The van der Waals surface area contributed by atoms with Gasteiger partial charge >= 0.3 is 5.97 Å². The zero-order chi connectivity index (χ0) is 12.3. The number of hydrogen-bond donors (Lipinski definition) is 0. The molecule has 0 radical (unpaired) electrons. The summed E-state index contributed by atoms with van der Waals surface area (Å²) in [6.45, 7) is 0.785. The van der Waals surface area contributed by atoms with Gasteiger partial charge in [-0.15, -0.1) is 0 Å². The van der Waals surface area contributed by atoms with Crippen molar-refractivity contribution in [1.82, 2.24) is 9.97 Å². The van der Waals surface area contributed by atoms with Crippen molar-refractivity contribution < 1.29 is 9.53 Å². The standard InChI is InChI=1S/C11H14ClN3O2/c1-17-11(16)8-4-2-3-5-15(8)10-6-9(12)13-7-14-10/h6-8H,2-5H2,1H3. The van der Waals surface area contributed by atoms with Gasteiger partial charge in [-0.1, -0.05) is 11.6 Å². The van der Waals surface area contributed by atoms with E-state index in [0.717, 1.165) is 25.8 Å². The van der Waals surface area contributed by atoms with E-state index in [0.29, 0.717) is 11.0 Å². The first-order valence-electron chi connectivity index (χ1n) is 5.54. The van der Waals surface area contributed by atoms with Crippen molar-refractivity contribution in [1.29, 1.82) is 0 Å². The van der Waals surface area contributed by atoms with E-state index in [9.17, 15) is 4.79 Å². The molecule has 0 aromatic carbocycles. The number of carbonyl (C=O) groups excluding carboxylic acids is 1. The second-order valence-electron chi connectivity index (χ2n) is 3.93. The smallest absolute Gasteiger partial charge is 0.328 e. The Kier molecular flexibility index (Phi) is 3.78. The first-order chi connectivity index (χ1) is 8.22. The van der Waals surface area contributed by atoms with Crippen molar-refractivity contribution in [2.24, 2.45) is 0 Å². The monoisotopic (exact) mass is 255 g/mol. The zero-order valence-corrected chi connectivity index (χ0v) is 10.4. The number of nitrogens with zero attached hydrogens (tertiary/aromatic N) is 3. The number of aromatic nitrogens is 2. The van der Waals surface area contributed by atoms with Crippen molar-refractivity contribution in [3.05, 3.63) is 17.5 Å². The van der Waals surface area contributed by atoms with E-state index in [4.69, 9.17) is 16.3 Å². The molecule has 0 spiro atoms. The lowest BCUT2D eigenvalue weighted by Gasteiger charge is -2.34. The molecule has 0 bridgehead atoms. The van der Waals surface area contributed by atoms with Crippen molar-refractivity contribution in [3.63, 3.8) is 0 Å². The van der Waals surface area contributed by atoms with Crippen molar-refractivity contribution in [2.75, 3.05) is 18.6 Å². The highest BCUT2D eigenvalue weighted by molar-refractivity contribution is 6.29. The van der Waals surface area contributed by atoms with E-state index in [1.54, 1.807) is 6.07 Å². The molecule has 1 atom stereocenters. The Morgan fingerprint density at radius 2 is 2.35 bits per heavy atom. The lowest BCUT2D eigenvalue weighted by Crippen LogP contribution is -2.45. The molecule has 1 aromatic rings. The summed E-state index contributed by atoms with van der Waals surface area (Å²) in [5, 5.41) is 0.379. The fraction of sp³-hybridized carbons (Fsp3) is 0.545. The summed E-state index contributed by atoms with van der Waals surface area (Å²) in [4.78, 5) is 21.6. The topological polar surface area (TPSA) is 55.3 Å². The van der Waals surface area contributed by atoms with Gasteiger partial charge in [0.1, 0.15) is 23.3 Å². The van der Waals surface area contributed by atoms with Gasteiger partial charge in [-0.2, -0.15) is 0 Å². The van der Waals surface area contributed by atoms with Crippen LogP contribution in [-0.2, 0) is 9.53 Å². The van der Waals surface area contributed by atoms with Crippen LogP contribution in [0.15, 0.2) is 12.4 Å². The van der Waals surface area contributed by atoms with Crippen LogP contribution in [0.3, 0.4) is 0 Å². The minimum atomic E-state index is -0.264. The van der Waals surface area contributed by atoms with Gasteiger partial charge in [0.2, 0.25) is 0 Å². The molecule has 92 valence electrons. The maximum atomic E-state index is 11.7. The van der Waals surface area contributed by atoms with E-state index in [1.807, 2.05) is 4.90 Å². The molecule has 1 aliphatic rings. The molecule has 2 rings (SSSR count). The summed E-state index contributed by atoms with van der Waals surface area (Å²) >= 11 is 5.83.